The molecule has 1 fully saturated rings. The third kappa shape index (κ3) is 3.78. The Labute approximate surface area is 162 Å². The van der Waals surface area contributed by atoms with Crippen LogP contribution < -0.4 is 14.4 Å². The Balaban J connectivity index is 1.61. The molecule has 0 radical (unpaired) electrons. The highest BCUT2D eigenvalue weighted by molar-refractivity contribution is 8.00. The molecule has 27 heavy (non-hydrogen) atoms. The number of amides is 1. The number of methoxy groups -OCH3 is 1. The SMILES string of the molecule is COc1ccc(N2C(=O)CS[C@H]2c2cccc(Oc3ccccc3)c2)cc1. The molecule has 0 aliphatic carbocycles. The number of carbonyl (C=O) groups excluding carboxylic acids is 1. The minimum Gasteiger partial charge on any atom is -0.497 e. The summed E-state index contributed by atoms with van der Waals surface area (Å²) in [6.07, 6.45) is 0. The van der Waals surface area contributed by atoms with Crippen LogP contribution in [0.15, 0.2) is 78.9 Å². The molecule has 4 rings (SSSR count). The number of ether oxygens (including phenoxy) is 2. The lowest BCUT2D eigenvalue weighted by Gasteiger charge is -2.25. The van der Waals surface area contributed by atoms with E-state index in [9.17, 15) is 4.79 Å². The van der Waals surface area contributed by atoms with Crippen LogP contribution in [-0.2, 0) is 4.79 Å². The summed E-state index contributed by atoms with van der Waals surface area (Å²) < 4.78 is 11.2. The second kappa shape index (κ2) is 7.76. The lowest BCUT2D eigenvalue weighted by molar-refractivity contribution is -0.115. The first-order valence-corrected chi connectivity index (χ1v) is 9.70. The average Bonchev–Trinajstić information content (AvgIpc) is 3.10. The van der Waals surface area contributed by atoms with Crippen LogP contribution in [0.4, 0.5) is 5.69 Å². The first-order valence-electron chi connectivity index (χ1n) is 8.65. The zero-order valence-corrected chi connectivity index (χ0v) is 15.7. The number of anilines is 1. The van der Waals surface area contributed by atoms with E-state index >= 15 is 0 Å². The Morgan fingerprint density at radius 3 is 2.37 bits per heavy atom. The summed E-state index contributed by atoms with van der Waals surface area (Å²) in [6, 6.07) is 25.2. The Morgan fingerprint density at radius 2 is 1.63 bits per heavy atom. The third-order valence-corrected chi connectivity index (χ3v) is 5.55. The van der Waals surface area contributed by atoms with E-state index < -0.39 is 0 Å². The zero-order valence-electron chi connectivity index (χ0n) is 14.9. The summed E-state index contributed by atoms with van der Waals surface area (Å²) in [5, 5.41) is -0.0785. The first-order chi connectivity index (χ1) is 13.2. The monoisotopic (exact) mass is 377 g/mol. The largest absolute Gasteiger partial charge is 0.497 e. The van der Waals surface area contributed by atoms with Gasteiger partial charge in [0.15, 0.2) is 0 Å². The predicted molar refractivity (Wildman–Crippen MR) is 109 cm³/mol. The van der Waals surface area contributed by atoms with Gasteiger partial charge in [0.2, 0.25) is 5.91 Å². The molecule has 4 nitrogen and oxygen atoms in total. The van der Waals surface area contributed by atoms with Gasteiger partial charge in [-0.25, -0.2) is 0 Å². The van der Waals surface area contributed by atoms with Gasteiger partial charge in [-0.05, 0) is 54.1 Å². The molecular formula is C22H19NO3S. The molecule has 1 aliphatic rings. The second-order valence-electron chi connectivity index (χ2n) is 6.11. The van der Waals surface area contributed by atoms with Crippen molar-refractivity contribution in [3.63, 3.8) is 0 Å². The summed E-state index contributed by atoms with van der Waals surface area (Å²) in [4.78, 5) is 14.4. The van der Waals surface area contributed by atoms with Crippen molar-refractivity contribution in [3.8, 4) is 17.2 Å². The smallest absolute Gasteiger partial charge is 0.238 e. The van der Waals surface area contributed by atoms with Gasteiger partial charge in [-0.2, -0.15) is 0 Å². The molecule has 1 heterocycles. The van der Waals surface area contributed by atoms with Crippen LogP contribution in [0.5, 0.6) is 17.2 Å². The Morgan fingerprint density at radius 1 is 0.889 bits per heavy atom. The van der Waals surface area contributed by atoms with E-state index in [0.717, 1.165) is 28.5 Å². The molecule has 1 saturated heterocycles. The lowest BCUT2D eigenvalue weighted by atomic mass is 10.1. The van der Waals surface area contributed by atoms with Crippen LogP contribution in [0, 0.1) is 0 Å². The van der Waals surface area contributed by atoms with Crippen molar-refractivity contribution in [3.05, 3.63) is 84.4 Å². The fraction of sp³-hybridized carbons (Fsp3) is 0.136. The minimum atomic E-state index is -0.0785. The van der Waals surface area contributed by atoms with Gasteiger partial charge in [-0.15, -0.1) is 11.8 Å². The zero-order chi connectivity index (χ0) is 18.6. The standard InChI is InChI=1S/C22H19NO3S/c1-25-18-12-10-17(11-13-18)23-21(24)15-27-22(23)16-6-5-9-20(14-16)26-19-7-3-2-4-8-19/h2-14,22H,15H2,1H3/t22-/m0/s1. The van der Waals surface area contributed by atoms with Crippen molar-refractivity contribution in [2.24, 2.45) is 0 Å². The number of para-hydroxylation sites is 1. The van der Waals surface area contributed by atoms with E-state index in [1.807, 2.05) is 83.8 Å². The number of benzene rings is 3. The molecule has 1 atom stereocenters. The van der Waals surface area contributed by atoms with Gasteiger partial charge in [0.25, 0.3) is 0 Å². The Kier molecular flexibility index (Phi) is 5.03. The number of hydrogen-bond donors (Lipinski definition) is 0. The predicted octanol–water partition coefficient (Wildman–Crippen LogP) is 5.27. The quantitative estimate of drug-likeness (QED) is 0.607. The number of nitrogens with zero attached hydrogens (tertiary/aromatic N) is 1. The molecule has 0 aromatic heterocycles. The van der Waals surface area contributed by atoms with Crippen LogP contribution in [0.2, 0.25) is 0 Å². The highest BCUT2D eigenvalue weighted by Gasteiger charge is 2.34. The normalized spacial score (nSPS) is 16.4. The van der Waals surface area contributed by atoms with Gasteiger partial charge in [0.05, 0.1) is 12.9 Å². The van der Waals surface area contributed by atoms with Crippen LogP contribution in [0.25, 0.3) is 0 Å². The summed E-state index contributed by atoms with van der Waals surface area (Å²) in [6.45, 7) is 0. The third-order valence-electron chi connectivity index (χ3n) is 4.34. The molecule has 0 N–H and O–H groups in total. The number of carbonyl (C=O) groups is 1. The summed E-state index contributed by atoms with van der Waals surface area (Å²) >= 11 is 1.62. The molecule has 3 aromatic carbocycles. The fourth-order valence-corrected chi connectivity index (χ4v) is 4.22. The molecule has 0 bridgehead atoms. The highest BCUT2D eigenvalue weighted by Crippen LogP contribution is 2.43. The van der Waals surface area contributed by atoms with Crippen molar-refractivity contribution in [2.45, 2.75) is 5.37 Å². The van der Waals surface area contributed by atoms with Crippen LogP contribution in [0.3, 0.4) is 0 Å². The van der Waals surface area contributed by atoms with E-state index in [4.69, 9.17) is 9.47 Å². The van der Waals surface area contributed by atoms with E-state index in [1.165, 1.54) is 0 Å². The van der Waals surface area contributed by atoms with Crippen molar-refractivity contribution in [1.29, 1.82) is 0 Å². The molecule has 0 unspecified atom stereocenters. The number of hydrogen-bond acceptors (Lipinski definition) is 4. The maximum Gasteiger partial charge on any atom is 0.238 e. The van der Waals surface area contributed by atoms with Crippen LogP contribution in [0.1, 0.15) is 10.9 Å². The Hall–Kier alpha value is -2.92. The molecule has 1 aliphatic heterocycles. The van der Waals surface area contributed by atoms with Gasteiger partial charge in [-0.1, -0.05) is 30.3 Å². The van der Waals surface area contributed by atoms with Gasteiger partial charge in [0.1, 0.15) is 22.6 Å². The van der Waals surface area contributed by atoms with E-state index in [0.29, 0.717) is 5.75 Å². The second-order valence-corrected chi connectivity index (χ2v) is 7.18. The maximum atomic E-state index is 12.5. The maximum absolute atomic E-state index is 12.5. The van der Waals surface area contributed by atoms with Gasteiger partial charge >= 0.3 is 0 Å². The van der Waals surface area contributed by atoms with Gasteiger partial charge in [-0.3, -0.25) is 9.69 Å². The minimum absolute atomic E-state index is 0.0785. The van der Waals surface area contributed by atoms with Gasteiger partial charge in [0, 0.05) is 5.69 Å². The summed E-state index contributed by atoms with van der Waals surface area (Å²) in [5.41, 5.74) is 1.90. The molecule has 0 spiro atoms. The molecule has 136 valence electrons. The fourth-order valence-electron chi connectivity index (χ4n) is 3.05. The topological polar surface area (TPSA) is 38.8 Å². The molecule has 5 heteroatoms. The van der Waals surface area contributed by atoms with E-state index in [-0.39, 0.29) is 11.3 Å². The van der Waals surface area contributed by atoms with Crippen molar-refractivity contribution in [1.82, 2.24) is 0 Å². The van der Waals surface area contributed by atoms with Gasteiger partial charge < -0.3 is 9.47 Å². The first kappa shape index (κ1) is 17.5. The van der Waals surface area contributed by atoms with E-state index in [1.54, 1.807) is 18.9 Å². The molecule has 0 saturated carbocycles. The average molecular weight is 377 g/mol. The summed E-state index contributed by atoms with van der Waals surface area (Å²) in [5.74, 6) is 2.88. The number of thioether (sulfide) groups is 1. The highest BCUT2D eigenvalue weighted by atomic mass is 32.2. The molecule has 3 aromatic rings. The van der Waals surface area contributed by atoms with Crippen molar-refractivity contribution < 1.29 is 14.3 Å². The van der Waals surface area contributed by atoms with E-state index in [2.05, 4.69) is 0 Å². The molecule has 1 amide bonds. The number of rotatable bonds is 5. The van der Waals surface area contributed by atoms with Crippen LogP contribution in [-0.4, -0.2) is 18.8 Å². The van der Waals surface area contributed by atoms with Crippen LogP contribution >= 0.6 is 11.8 Å². The molecular weight excluding hydrogens is 358 g/mol. The Bertz CT molecular complexity index is 928. The summed E-state index contributed by atoms with van der Waals surface area (Å²) in [7, 11) is 1.63. The van der Waals surface area contributed by atoms with Crippen molar-refractivity contribution >= 4 is 23.4 Å². The lowest BCUT2D eigenvalue weighted by Crippen LogP contribution is -2.27. The van der Waals surface area contributed by atoms with Crippen molar-refractivity contribution in [2.75, 3.05) is 17.8 Å².